The highest BCUT2D eigenvalue weighted by atomic mass is 16.5. The van der Waals surface area contributed by atoms with Crippen molar-refractivity contribution in [3.8, 4) is 0 Å². The minimum Gasteiger partial charge on any atom is -0.459 e. The Morgan fingerprint density at radius 2 is 2.12 bits per heavy atom. The predicted molar refractivity (Wildman–Crippen MR) is 69.0 cm³/mol. The summed E-state index contributed by atoms with van der Waals surface area (Å²) in [4.78, 5) is 0. The Labute approximate surface area is 102 Å². The standard InChI is InChI=1S/C14H19NO2/c1-9-4-5-13-11(6-9)8-14(17-13)12(15)7-10(2)16-3/h4-6,8,10,12H,7,15H2,1-3H3. The first-order chi connectivity index (χ1) is 8.10. The maximum atomic E-state index is 6.10. The van der Waals surface area contributed by atoms with Crippen LogP contribution in [0, 0.1) is 6.92 Å². The summed E-state index contributed by atoms with van der Waals surface area (Å²) in [6, 6.07) is 8.04. The van der Waals surface area contributed by atoms with E-state index in [1.165, 1.54) is 5.56 Å². The number of methoxy groups -OCH3 is 1. The molecule has 0 aliphatic rings. The summed E-state index contributed by atoms with van der Waals surface area (Å²) in [5.41, 5.74) is 8.22. The van der Waals surface area contributed by atoms with Gasteiger partial charge in [0.15, 0.2) is 0 Å². The second-order valence-electron chi connectivity index (χ2n) is 4.58. The monoisotopic (exact) mass is 233 g/mol. The van der Waals surface area contributed by atoms with Gasteiger partial charge in [0, 0.05) is 12.5 Å². The molecule has 2 N–H and O–H groups in total. The van der Waals surface area contributed by atoms with Crippen LogP contribution in [0.3, 0.4) is 0 Å². The predicted octanol–water partition coefficient (Wildman–Crippen LogP) is 3.17. The van der Waals surface area contributed by atoms with Gasteiger partial charge in [-0.1, -0.05) is 11.6 Å². The quantitative estimate of drug-likeness (QED) is 0.882. The molecule has 0 aliphatic carbocycles. The number of benzene rings is 1. The van der Waals surface area contributed by atoms with Crippen LogP contribution in [0.15, 0.2) is 28.7 Å². The second-order valence-corrected chi connectivity index (χ2v) is 4.58. The third kappa shape index (κ3) is 2.68. The lowest BCUT2D eigenvalue weighted by atomic mass is 10.1. The molecule has 0 amide bonds. The number of ether oxygens (including phenoxy) is 1. The van der Waals surface area contributed by atoms with Crippen LogP contribution in [0.1, 0.15) is 30.7 Å². The lowest BCUT2D eigenvalue weighted by Gasteiger charge is -2.13. The number of nitrogens with two attached hydrogens (primary N) is 1. The Kier molecular flexibility index (Phi) is 3.50. The fraction of sp³-hybridized carbons (Fsp3) is 0.429. The molecule has 1 aromatic carbocycles. The summed E-state index contributed by atoms with van der Waals surface area (Å²) < 4.78 is 11.0. The summed E-state index contributed by atoms with van der Waals surface area (Å²) in [6.45, 7) is 4.08. The van der Waals surface area contributed by atoms with Crippen LogP contribution in [0.4, 0.5) is 0 Å². The van der Waals surface area contributed by atoms with Crippen LogP contribution in [0.25, 0.3) is 11.0 Å². The fourth-order valence-electron chi connectivity index (χ4n) is 1.94. The van der Waals surface area contributed by atoms with Crippen LogP contribution in [0.5, 0.6) is 0 Å². The molecule has 0 spiro atoms. The molecule has 1 aromatic heterocycles. The molecule has 0 radical (unpaired) electrons. The Bertz CT molecular complexity index is 504. The highest BCUT2D eigenvalue weighted by Gasteiger charge is 2.15. The highest BCUT2D eigenvalue weighted by molar-refractivity contribution is 5.78. The lowest BCUT2D eigenvalue weighted by molar-refractivity contribution is 0.102. The van der Waals surface area contributed by atoms with E-state index < -0.39 is 0 Å². The van der Waals surface area contributed by atoms with Crippen molar-refractivity contribution >= 4 is 11.0 Å². The average Bonchev–Trinajstić information content (AvgIpc) is 2.71. The molecule has 2 aromatic rings. The Morgan fingerprint density at radius 3 is 2.82 bits per heavy atom. The normalized spacial score (nSPS) is 15.1. The van der Waals surface area contributed by atoms with Crippen LogP contribution >= 0.6 is 0 Å². The van der Waals surface area contributed by atoms with Gasteiger partial charge in [0.05, 0.1) is 12.1 Å². The van der Waals surface area contributed by atoms with Crippen LogP contribution in [-0.4, -0.2) is 13.2 Å². The number of hydrogen-bond acceptors (Lipinski definition) is 3. The molecule has 0 aliphatic heterocycles. The summed E-state index contributed by atoms with van der Waals surface area (Å²) in [5.74, 6) is 0.828. The Hall–Kier alpha value is -1.32. The zero-order chi connectivity index (χ0) is 12.4. The van der Waals surface area contributed by atoms with Gasteiger partial charge in [-0.3, -0.25) is 0 Å². The smallest absolute Gasteiger partial charge is 0.134 e. The number of rotatable bonds is 4. The first-order valence-corrected chi connectivity index (χ1v) is 5.88. The lowest BCUT2D eigenvalue weighted by Crippen LogP contribution is -2.17. The number of hydrogen-bond donors (Lipinski definition) is 1. The molecule has 1 heterocycles. The molecule has 0 saturated carbocycles. The van der Waals surface area contributed by atoms with Crippen molar-refractivity contribution in [1.29, 1.82) is 0 Å². The minimum absolute atomic E-state index is 0.113. The van der Waals surface area contributed by atoms with Crippen LogP contribution in [-0.2, 0) is 4.74 Å². The summed E-state index contributed by atoms with van der Waals surface area (Å²) in [6.07, 6.45) is 0.898. The molecule has 0 fully saturated rings. The molecular weight excluding hydrogens is 214 g/mol. The van der Waals surface area contributed by atoms with E-state index in [1.807, 2.05) is 25.1 Å². The van der Waals surface area contributed by atoms with Gasteiger partial charge < -0.3 is 14.9 Å². The van der Waals surface area contributed by atoms with E-state index in [9.17, 15) is 0 Å². The number of furan rings is 1. The highest BCUT2D eigenvalue weighted by Crippen LogP contribution is 2.26. The average molecular weight is 233 g/mol. The number of aryl methyl sites for hydroxylation is 1. The van der Waals surface area contributed by atoms with Gasteiger partial charge in [0.1, 0.15) is 11.3 Å². The molecule has 2 unspecified atom stereocenters. The van der Waals surface area contributed by atoms with Gasteiger partial charge in [-0.25, -0.2) is 0 Å². The first kappa shape index (κ1) is 12.1. The second kappa shape index (κ2) is 4.90. The third-order valence-electron chi connectivity index (χ3n) is 3.04. The molecule has 2 atom stereocenters. The Balaban J connectivity index is 2.24. The molecule has 0 bridgehead atoms. The van der Waals surface area contributed by atoms with E-state index in [2.05, 4.69) is 13.0 Å². The minimum atomic E-state index is -0.113. The van der Waals surface area contributed by atoms with E-state index in [0.29, 0.717) is 0 Å². The van der Waals surface area contributed by atoms with Crippen molar-refractivity contribution in [2.45, 2.75) is 32.4 Å². The molecule has 3 heteroatoms. The van der Waals surface area contributed by atoms with Gasteiger partial charge in [0.2, 0.25) is 0 Å². The van der Waals surface area contributed by atoms with E-state index in [-0.39, 0.29) is 12.1 Å². The van der Waals surface area contributed by atoms with Crippen molar-refractivity contribution in [2.24, 2.45) is 5.73 Å². The molecule has 17 heavy (non-hydrogen) atoms. The van der Waals surface area contributed by atoms with Crippen molar-refractivity contribution in [1.82, 2.24) is 0 Å². The summed E-state index contributed by atoms with van der Waals surface area (Å²) in [7, 11) is 1.69. The van der Waals surface area contributed by atoms with Crippen LogP contribution in [0.2, 0.25) is 0 Å². The van der Waals surface area contributed by atoms with Crippen molar-refractivity contribution < 1.29 is 9.15 Å². The zero-order valence-electron chi connectivity index (χ0n) is 10.6. The first-order valence-electron chi connectivity index (χ1n) is 5.88. The van der Waals surface area contributed by atoms with E-state index >= 15 is 0 Å². The van der Waals surface area contributed by atoms with E-state index in [4.69, 9.17) is 14.9 Å². The number of fused-ring (bicyclic) bond motifs is 1. The largest absolute Gasteiger partial charge is 0.459 e. The van der Waals surface area contributed by atoms with Crippen LogP contribution < -0.4 is 5.73 Å². The van der Waals surface area contributed by atoms with Crippen molar-refractivity contribution in [2.75, 3.05) is 7.11 Å². The summed E-state index contributed by atoms with van der Waals surface area (Å²) >= 11 is 0. The molecular formula is C14H19NO2. The van der Waals surface area contributed by atoms with Gasteiger partial charge in [-0.15, -0.1) is 0 Å². The zero-order valence-corrected chi connectivity index (χ0v) is 10.6. The van der Waals surface area contributed by atoms with E-state index in [0.717, 1.165) is 23.2 Å². The Morgan fingerprint density at radius 1 is 1.35 bits per heavy atom. The van der Waals surface area contributed by atoms with Crippen molar-refractivity contribution in [3.63, 3.8) is 0 Å². The van der Waals surface area contributed by atoms with Gasteiger partial charge in [-0.2, -0.15) is 0 Å². The van der Waals surface area contributed by atoms with Gasteiger partial charge in [0.25, 0.3) is 0 Å². The van der Waals surface area contributed by atoms with E-state index in [1.54, 1.807) is 7.11 Å². The third-order valence-corrected chi connectivity index (χ3v) is 3.04. The SMILES string of the molecule is COC(C)CC(N)c1cc2cc(C)ccc2o1. The maximum Gasteiger partial charge on any atom is 0.134 e. The maximum absolute atomic E-state index is 6.10. The van der Waals surface area contributed by atoms with Crippen molar-refractivity contribution in [3.05, 3.63) is 35.6 Å². The molecule has 2 rings (SSSR count). The van der Waals surface area contributed by atoms with Gasteiger partial charge in [-0.05, 0) is 38.5 Å². The fourth-order valence-corrected chi connectivity index (χ4v) is 1.94. The molecule has 92 valence electrons. The summed E-state index contributed by atoms with van der Waals surface area (Å²) in [5, 5.41) is 1.11. The van der Waals surface area contributed by atoms with Gasteiger partial charge >= 0.3 is 0 Å². The molecule has 3 nitrogen and oxygen atoms in total. The topological polar surface area (TPSA) is 48.4 Å². The molecule has 0 saturated heterocycles.